The zero-order valence-electron chi connectivity index (χ0n) is 11.0. The van der Waals surface area contributed by atoms with E-state index in [1.54, 1.807) is 12.1 Å². The summed E-state index contributed by atoms with van der Waals surface area (Å²) in [5, 5.41) is 8.23. The highest BCUT2D eigenvalue weighted by atomic mass is 19.1. The Morgan fingerprint density at radius 3 is 3.05 bits per heavy atom. The third kappa shape index (κ3) is 2.40. The van der Waals surface area contributed by atoms with Crippen LogP contribution >= 0.6 is 0 Å². The van der Waals surface area contributed by atoms with E-state index in [1.807, 2.05) is 6.92 Å². The molecule has 0 atom stereocenters. The second-order valence-electron chi connectivity index (χ2n) is 4.49. The van der Waals surface area contributed by atoms with Crippen LogP contribution in [0.2, 0.25) is 0 Å². The largest absolute Gasteiger partial charge is 0.343 e. The van der Waals surface area contributed by atoms with Gasteiger partial charge in [0.25, 0.3) is 5.91 Å². The minimum absolute atomic E-state index is 0.0378. The Bertz CT molecular complexity index is 877. The molecule has 8 nitrogen and oxygen atoms in total. The number of hydrogen-bond donors (Lipinski definition) is 3. The average molecular weight is 290 g/mol. The van der Waals surface area contributed by atoms with Crippen molar-refractivity contribution in [2.45, 2.75) is 13.5 Å². The molecule has 1 amide bonds. The van der Waals surface area contributed by atoms with Crippen LogP contribution in [0, 0.1) is 12.9 Å². The fourth-order valence-corrected chi connectivity index (χ4v) is 1.90. The molecule has 0 aliphatic heterocycles. The van der Waals surface area contributed by atoms with Gasteiger partial charge in [0.1, 0.15) is 11.5 Å². The molecule has 0 spiro atoms. The van der Waals surface area contributed by atoms with Crippen LogP contribution in [-0.2, 0) is 6.54 Å². The topological polar surface area (TPSA) is 108 Å². The standard InChI is InChI=1S/C12H11FN6O2/c1-6-2-3-19-8(4-6)16-9(10(19)13)11(20)14-5-7-15-12(21)18-17-7/h2-4H,5H2,1H3,(H,14,20)(H2,15,17,18,21). The van der Waals surface area contributed by atoms with Crippen molar-refractivity contribution in [2.24, 2.45) is 0 Å². The number of rotatable bonds is 3. The zero-order valence-corrected chi connectivity index (χ0v) is 11.0. The third-order valence-corrected chi connectivity index (χ3v) is 2.91. The maximum absolute atomic E-state index is 14.1. The molecule has 3 heterocycles. The fourth-order valence-electron chi connectivity index (χ4n) is 1.90. The number of pyridine rings is 1. The molecular weight excluding hydrogens is 279 g/mol. The number of nitrogens with one attached hydrogen (secondary N) is 3. The second kappa shape index (κ2) is 4.85. The van der Waals surface area contributed by atoms with Crippen LogP contribution < -0.4 is 11.0 Å². The van der Waals surface area contributed by atoms with Gasteiger partial charge < -0.3 is 5.32 Å². The quantitative estimate of drug-likeness (QED) is 0.636. The van der Waals surface area contributed by atoms with Gasteiger partial charge in [0.05, 0.1) is 6.54 Å². The van der Waals surface area contributed by atoms with Gasteiger partial charge in [-0.2, -0.15) is 9.49 Å². The van der Waals surface area contributed by atoms with Gasteiger partial charge in [0, 0.05) is 6.20 Å². The number of aryl methyl sites for hydroxylation is 1. The van der Waals surface area contributed by atoms with Gasteiger partial charge in [-0.25, -0.2) is 14.9 Å². The number of carbonyl (C=O) groups is 1. The second-order valence-corrected chi connectivity index (χ2v) is 4.49. The van der Waals surface area contributed by atoms with E-state index in [1.165, 1.54) is 10.6 Å². The molecular formula is C12H11FN6O2. The van der Waals surface area contributed by atoms with E-state index >= 15 is 0 Å². The van der Waals surface area contributed by atoms with Gasteiger partial charge in [0.2, 0.25) is 5.95 Å². The van der Waals surface area contributed by atoms with E-state index in [0.717, 1.165) is 5.56 Å². The summed E-state index contributed by atoms with van der Waals surface area (Å²) in [5.74, 6) is -1.18. The van der Waals surface area contributed by atoms with Crippen molar-refractivity contribution in [2.75, 3.05) is 0 Å². The SMILES string of the molecule is Cc1ccn2c(F)c(C(=O)NCc3n[nH]c(=O)[nH]3)nc2c1. The summed E-state index contributed by atoms with van der Waals surface area (Å²) >= 11 is 0. The summed E-state index contributed by atoms with van der Waals surface area (Å²) < 4.78 is 15.3. The molecule has 0 aliphatic rings. The van der Waals surface area contributed by atoms with Gasteiger partial charge in [-0.05, 0) is 24.6 Å². The number of nitrogens with zero attached hydrogens (tertiary/aromatic N) is 3. The Hall–Kier alpha value is -2.97. The van der Waals surface area contributed by atoms with Crippen LogP contribution in [0.25, 0.3) is 5.65 Å². The van der Waals surface area contributed by atoms with Crippen molar-refractivity contribution in [1.82, 2.24) is 29.9 Å². The first-order valence-corrected chi connectivity index (χ1v) is 6.10. The molecule has 3 rings (SSSR count). The maximum Gasteiger partial charge on any atom is 0.340 e. The highest BCUT2D eigenvalue weighted by Gasteiger charge is 2.19. The number of aromatic nitrogens is 5. The molecule has 0 aromatic carbocycles. The first-order valence-electron chi connectivity index (χ1n) is 6.10. The van der Waals surface area contributed by atoms with E-state index in [2.05, 4.69) is 25.5 Å². The molecule has 0 bridgehead atoms. The molecule has 0 saturated carbocycles. The Morgan fingerprint density at radius 2 is 2.33 bits per heavy atom. The Kier molecular flexibility index (Phi) is 3.01. The molecule has 0 aliphatic carbocycles. The third-order valence-electron chi connectivity index (χ3n) is 2.91. The van der Waals surface area contributed by atoms with Crippen LogP contribution in [0.1, 0.15) is 21.9 Å². The van der Waals surface area contributed by atoms with E-state index in [0.29, 0.717) is 5.65 Å². The predicted molar refractivity (Wildman–Crippen MR) is 70.3 cm³/mol. The summed E-state index contributed by atoms with van der Waals surface area (Å²) in [6, 6.07) is 3.39. The summed E-state index contributed by atoms with van der Waals surface area (Å²) in [4.78, 5) is 29.1. The average Bonchev–Trinajstić information content (AvgIpc) is 3.00. The Morgan fingerprint density at radius 1 is 1.52 bits per heavy atom. The van der Waals surface area contributed by atoms with Gasteiger partial charge in [-0.15, -0.1) is 0 Å². The number of amides is 1. The van der Waals surface area contributed by atoms with Crippen LogP contribution in [0.5, 0.6) is 0 Å². The lowest BCUT2D eigenvalue weighted by atomic mass is 10.3. The summed E-state index contributed by atoms with van der Waals surface area (Å²) in [7, 11) is 0. The predicted octanol–water partition coefficient (Wildman–Crippen LogP) is 0.123. The lowest BCUT2D eigenvalue weighted by molar-refractivity contribution is 0.0941. The molecule has 0 saturated heterocycles. The number of aromatic amines is 2. The smallest absolute Gasteiger partial charge is 0.340 e. The molecule has 3 N–H and O–H groups in total. The van der Waals surface area contributed by atoms with E-state index in [-0.39, 0.29) is 18.1 Å². The van der Waals surface area contributed by atoms with Crippen molar-refractivity contribution in [3.63, 3.8) is 0 Å². The first-order chi connectivity index (χ1) is 10.0. The Labute approximate surface area is 117 Å². The summed E-state index contributed by atoms with van der Waals surface area (Å²) in [6.07, 6.45) is 1.51. The monoisotopic (exact) mass is 290 g/mol. The highest BCUT2D eigenvalue weighted by molar-refractivity contribution is 5.93. The van der Waals surface area contributed by atoms with E-state index in [9.17, 15) is 14.0 Å². The highest BCUT2D eigenvalue weighted by Crippen LogP contribution is 2.12. The molecule has 0 unspecified atom stereocenters. The number of carbonyl (C=O) groups excluding carboxylic acids is 1. The van der Waals surface area contributed by atoms with Crippen LogP contribution in [0.15, 0.2) is 23.1 Å². The van der Waals surface area contributed by atoms with E-state index in [4.69, 9.17) is 0 Å². The van der Waals surface area contributed by atoms with Crippen LogP contribution in [-0.4, -0.2) is 30.5 Å². The molecule has 3 aromatic heterocycles. The minimum Gasteiger partial charge on any atom is -0.343 e. The van der Waals surface area contributed by atoms with Gasteiger partial charge in [-0.3, -0.25) is 14.2 Å². The van der Waals surface area contributed by atoms with Crippen molar-refractivity contribution < 1.29 is 9.18 Å². The van der Waals surface area contributed by atoms with E-state index < -0.39 is 17.5 Å². The Balaban J connectivity index is 1.84. The van der Waals surface area contributed by atoms with Crippen LogP contribution in [0.3, 0.4) is 0 Å². The number of hydrogen-bond acceptors (Lipinski definition) is 4. The molecule has 108 valence electrons. The maximum atomic E-state index is 14.1. The van der Waals surface area contributed by atoms with Crippen molar-refractivity contribution in [1.29, 1.82) is 0 Å². The van der Waals surface area contributed by atoms with Gasteiger partial charge in [-0.1, -0.05) is 0 Å². The first kappa shape index (κ1) is 13.0. The lowest BCUT2D eigenvalue weighted by Gasteiger charge is -1.99. The number of fused-ring (bicyclic) bond motifs is 1. The van der Waals surface area contributed by atoms with Crippen molar-refractivity contribution >= 4 is 11.6 Å². The molecule has 3 aromatic rings. The lowest BCUT2D eigenvalue weighted by Crippen LogP contribution is -2.25. The number of imidazole rings is 1. The molecule has 0 fully saturated rings. The van der Waals surface area contributed by atoms with Crippen molar-refractivity contribution in [3.05, 3.63) is 51.8 Å². The van der Waals surface area contributed by atoms with Gasteiger partial charge in [0.15, 0.2) is 5.69 Å². The summed E-state index contributed by atoms with van der Waals surface area (Å²) in [6.45, 7) is 1.81. The van der Waals surface area contributed by atoms with Crippen molar-refractivity contribution in [3.8, 4) is 0 Å². The minimum atomic E-state index is -0.738. The normalized spacial score (nSPS) is 11.0. The summed E-state index contributed by atoms with van der Waals surface area (Å²) in [5.41, 5.74) is 0.478. The number of H-pyrrole nitrogens is 2. The fraction of sp³-hybridized carbons (Fsp3) is 0.167. The van der Waals surface area contributed by atoms with Crippen LogP contribution in [0.4, 0.5) is 4.39 Å². The molecule has 0 radical (unpaired) electrons. The molecule has 21 heavy (non-hydrogen) atoms. The number of halogens is 1. The molecule has 9 heteroatoms. The zero-order chi connectivity index (χ0) is 15.0. The van der Waals surface area contributed by atoms with Gasteiger partial charge >= 0.3 is 5.69 Å².